The summed E-state index contributed by atoms with van der Waals surface area (Å²) in [7, 11) is 0. The van der Waals surface area contributed by atoms with Gasteiger partial charge in [0.1, 0.15) is 5.37 Å². The van der Waals surface area contributed by atoms with Crippen LogP contribution in [0.4, 0.5) is 22.7 Å². The Hall–Kier alpha value is -3.59. The highest BCUT2D eigenvalue weighted by molar-refractivity contribution is 8.14. The molecular formula is C27H21ClN4O2S2. The van der Waals surface area contributed by atoms with Crippen LogP contribution in [0.1, 0.15) is 31.7 Å². The fraction of sp³-hybridized carbons (Fsp3) is 0.0370. The van der Waals surface area contributed by atoms with Gasteiger partial charge in [0.05, 0.1) is 15.6 Å². The van der Waals surface area contributed by atoms with Gasteiger partial charge in [-0.3, -0.25) is 9.59 Å². The van der Waals surface area contributed by atoms with E-state index in [4.69, 9.17) is 23.1 Å². The Morgan fingerprint density at radius 2 is 1.44 bits per heavy atom. The summed E-state index contributed by atoms with van der Waals surface area (Å²) >= 11 is 9.39. The largest absolute Gasteiger partial charge is 0.399 e. The number of nitrogens with one attached hydrogen (secondary N) is 2. The monoisotopic (exact) mass is 532 g/mol. The second-order valence-electron chi connectivity index (χ2n) is 8.11. The fourth-order valence-corrected chi connectivity index (χ4v) is 6.08. The molecule has 9 heteroatoms. The van der Waals surface area contributed by atoms with Gasteiger partial charge in [-0.15, -0.1) is 0 Å². The summed E-state index contributed by atoms with van der Waals surface area (Å²) in [4.78, 5) is 26.7. The molecule has 1 heterocycles. The molecule has 0 saturated carbocycles. The molecule has 4 aromatic carbocycles. The average Bonchev–Trinajstić information content (AvgIpc) is 3.32. The van der Waals surface area contributed by atoms with Gasteiger partial charge in [-0.25, -0.2) is 0 Å². The molecule has 1 atom stereocenters. The molecule has 6 N–H and O–H groups in total. The van der Waals surface area contributed by atoms with Crippen molar-refractivity contribution < 1.29 is 9.59 Å². The van der Waals surface area contributed by atoms with Crippen LogP contribution in [0.25, 0.3) is 0 Å². The standard InChI is InChI=1S/C27H21ClN4O2S2/c28-23-22(35-27(34)17-3-9-19(30)10-4-17)14-13-21-24(23)36-26(32-21)16-5-11-20(12-6-16)31-25(33)15-1-7-18(29)8-2-15/h1-14,26,32H,29-30H2,(H,31,33). The number of hydrogen-bond donors (Lipinski definition) is 4. The molecule has 6 nitrogen and oxygen atoms in total. The van der Waals surface area contributed by atoms with Crippen molar-refractivity contribution in [1.82, 2.24) is 0 Å². The first kappa shape index (κ1) is 24.1. The van der Waals surface area contributed by atoms with E-state index in [2.05, 4.69) is 10.6 Å². The van der Waals surface area contributed by atoms with Gasteiger partial charge in [0, 0.05) is 33.1 Å². The van der Waals surface area contributed by atoms with Crippen molar-refractivity contribution in [3.05, 3.63) is 107 Å². The molecule has 0 aliphatic carbocycles. The molecule has 0 bridgehead atoms. The Labute approximate surface area is 221 Å². The number of halogens is 1. The summed E-state index contributed by atoms with van der Waals surface area (Å²) < 4.78 is 0. The van der Waals surface area contributed by atoms with Gasteiger partial charge < -0.3 is 22.1 Å². The number of anilines is 4. The average molecular weight is 533 g/mol. The lowest BCUT2D eigenvalue weighted by molar-refractivity contribution is 0.102. The Morgan fingerprint density at radius 1 is 0.833 bits per heavy atom. The molecule has 36 heavy (non-hydrogen) atoms. The van der Waals surface area contributed by atoms with Crippen LogP contribution in [0.3, 0.4) is 0 Å². The Morgan fingerprint density at radius 3 is 2.08 bits per heavy atom. The van der Waals surface area contributed by atoms with Crippen LogP contribution in [0.5, 0.6) is 0 Å². The number of carbonyl (C=O) groups excluding carboxylic acids is 2. The van der Waals surface area contributed by atoms with Crippen molar-refractivity contribution in [2.45, 2.75) is 15.2 Å². The molecule has 0 radical (unpaired) electrons. The quantitative estimate of drug-likeness (QED) is 0.163. The summed E-state index contributed by atoms with van der Waals surface area (Å²) in [5, 5.41) is 6.77. The normalized spacial score (nSPS) is 14.1. The third-order valence-corrected chi connectivity index (χ3v) is 8.46. The van der Waals surface area contributed by atoms with Gasteiger partial charge in [-0.2, -0.15) is 0 Å². The first-order valence-electron chi connectivity index (χ1n) is 11.0. The van der Waals surface area contributed by atoms with Crippen LogP contribution >= 0.6 is 35.1 Å². The third-order valence-electron chi connectivity index (χ3n) is 5.58. The topological polar surface area (TPSA) is 110 Å². The molecule has 0 saturated heterocycles. The van der Waals surface area contributed by atoms with Crippen molar-refractivity contribution in [2.75, 3.05) is 22.1 Å². The SMILES string of the molecule is Nc1ccc(C(=O)Nc2ccc(C3Nc4ccc(SC(=O)c5ccc(N)cc5)c(Cl)c4S3)cc2)cc1. The van der Waals surface area contributed by atoms with E-state index < -0.39 is 0 Å². The first-order chi connectivity index (χ1) is 17.4. The Balaban J connectivity index is 1.26. The molecule has 1 aliphatic heterocycles. The van der Waals surface area contributed by atoms with Crippen molar-refractivity contribution in [3.8, 4) is 0 Å². The minimum Gasteiger partial charge on any atom is -0.399 e. The number of nitrogens with two attached hydrogens (primary N) is 2. The zero-order valence-corrected chi connectivity index (χ0v) is 21.2. The van der Waals surface area contributed by atoms with Crippen LogP contribution in [-0.2, 0) is 0 Å². The van der Waals surface area contributed by atoms with Gasteiger partial charge in [0.2, 0.25) is 5.12 Å². The molecule has 0 spiro atoms. The van der Waals surface area contributed by atoms with Crippen LogP contribution in [0.2, 0.25) is 5.02 Å². The zero-order chi connectivity index (χ0) is 25.2. The molecule has 5 rings (SSSR count). The van der Waals surface area contributed by atoms with E-state index in [0.717, 1.165) is 27.9 Å². The maximum atomic E-state index is 12.7. The molecule has 1 aliphatic rings. The van der Waals surface area contributed by atoms with Crippen molar-refractivity contribution in [3.63, 3.8) is 0 Å². The highest BCUT2D eigenvalue weighted by atomic mass is 35.5. The van der Waals surface area contributed by atoms with Crippen LogP contribution in [-0.4, -0.2) is 11.0 Å². The molecule has 180 valence electrons. The van der Waals surface area contributed by atoms with Gasteiger partial charge in [-0.1, -0.05) is 35.5 Å². The van der Waals surface area contributed by atoms with E-state index in [9.17, 15) is 9.59 Å². The van der Waals surface area contributed by atoms with E-state index >= 15 is 0 Å². The minimum absolute atomic E-state index is 0.0487. The smallest absolute Gasteiger partial charge is 0.255 e. The van der Waals surface area contributed by atoms with Gasteiger partial charge in [-0.05, 0) is 90.1 Å². The van der Waals surface area contributed by atoms with E-state index in [1.165, 1.54) is 0 Å². The van der Waals surface area contributed by atoms with E-state index in [-0.39, 0.29) is 16.4 Å². The first-order valence-corrected chi connectivity index (χ1v) is 13.0. The number of rotatable bonds is 5. The summed E-state index contributed by atoms with van der Waals surface area (Å²) in [6, 6.07) is 25.0. The number of carbonyl (C=O) groups is 2. The number of amides is 1. The molecule has 0 aromatic heterocycles. The highest BCUT2D eigenvalue weighted by Crippen LogP contribution is 2.52. The van der Waals surface area contributed by atoms with Gasteiger partial charge in [0.15, 0.2) is 0 Å². The molecular weight excluding hydrogens is 512 g/mol. The minimum atomic E-state index is -0.200. The molecule has 1 unspecified atom stereocenters. The summed E-state index contributed by atoms with van der Waals surface area (Å²) in [6.07, 6.45) is 0. The third kappa shape index (κ3) is 5.16. The number of nitrogen functional groups attached to an aromatic ring is 2. The Kier molecular flexibility index (Phi) is 6.82. The van der Waals surface area contributed by atoms with E-state index in [1.807, 2.05) is 36.4 Å². The summed E-state index contributed by atoms with van der Waals surface area (Å²) in [6.45, 7) is 0. The summed E-state index contributed by atoms with van der Waals surface area (Å²) in [5.74, 6) is -0.200. The lowest BCUT2D eigenvalue weighted by atomic mass is 10.1. The van der Waals surface area contributed by atoms with E-state index in [1.54, 1.807) is 60.3 Å². The fourth-order valence-electron chi connectivity index (χ4n) is 3.64. The van der Waals surface area contributed by atoms with E-state index in [0.29, 0.717) is 38.1 Å². The van der Waals surface area contributed by atoms with Gasteiger partial charge >= 0.3 is 0 Å². The molecule has 1 amide bonds. The van der Waals surface area contributed by atoms with Crippen LogP contribution < -0.4 is 22.1 Å². The highest BCUT2D eigenvalue weighted by Gasteiger charge is 2.27. The van der Waals surface area contributed by atoms with Crippen molar-refractivity contribution in [2.24, 2.45) is 0 Å². The number of hydrogen-bond acceptors (Lipinski definition) is 7. The number of fused-ring (bicyclic) bond motifs is 1. The van der Waals surface area contributed by atoms with Crippen molar-refractivity contribution >= 4 is 68.9 Å². The second kappa shape index (κ2) is 10.2. The molecule has 0 fully saturated rings. The van der Waals surface area contributed by atoms with Crippen LogP contribution in [0.15, 0.2) is 94.7 Å². The van der Waals surface area contributed by atoms with Crippen LogP contribution in [0, 0.1) is 0 Å². The Bertz CT molecular complexity index is 1440. The number of thioether (sulfide) groups is 2. The second-order valence-corrected chi connectivity index (χ2v) is 10.6. The maximum Gasteiger partial charge on any atom is 0.255 e. The lowest BCUT2D eigenvalue weighted by Crippen LogP contribution is -2.12. The lowest BCUT2D eigenvalue weighted by Gasteiger charge is -2.12. The van der Waals surface area contributed by atoms with Crippen molar-refractivity contribution in [1.29, 1.82) is 0 Å². The summed E-state index contributed by atoms with van der Waals surface area (Å²) in [5.41, 5.74) is 16.4. The predicted octanol–water partition coefficient (Wildman–Crippen LogP) is 6.91. The van der Waals surface area contributed by atoms with Gasteiger partial charge in [0.25, 0.3) is 5.91 Å². The number of benzene rings is 4. The maximum absolute atomic E-state index is 12.7. The zero-order valence-electron chi connectivity index (χ0n) is 18.8. The molecule has 4 aromatic rings. The predicted molar refractivity (Wildman–Crippen MR) is 150 cm³/mol.